The van der Waals surface area contributed by atoms with Crippen LogP contribution in [0.2, 0.25) is 5.02 Å². The van der Waals surface area contributed by atoms with Crippen LogP contribution in [-0.2, 0) is 4.74 Å². The molecule has 0 unspecified atom stereocenters. The number of nitrogens with one attached hydrogen (secondary N) is 1. The van der Waals surface area contributed by atoms with Gasteiger partial charge in [0.2, 0.25) is 0 Å². The molecular formula is C11H10ClNO3. The van der Waals surface area contributed by atoms with Crippen LogP contribution in [0, 0.1) is 0 Å². The zero-order valence-corrected chi connectivity index (χ0v) is 9.59. The molecule has 84 valence electrons. The zero-order valence-electron chi connectivity index (χ0n) is 8.83. The van der Waals surface area contributed by atoms with Gasteiger partial charge in [-0.2, -0.15) is 0 Å². The molecular weight excluding hydrogens is 230 g/mol. The first kappa shape index (κ1) is 10.8. The normalized spacial score (nSPS) is 10.4. The van der Waals surface area contributed by atoms with Crippen molar-refractivity contribution in [2.75, 3.05) is 14.2 Å². The third-order valence-corrected chi connectivity index (χ3v) is 2.72. The van der Waals surface area contributed by atoms with Gasteiger partial charge < -0.3 is 14.5 Å². The molecule has 1 N–H and O–H groups in total. The van der Waals surface area contributed by atoms with Gasteiger partial charge in [-0.25, -0.2) is 4.79 Å². The second kappa shape index (κ2) is 4.06. The molecule has 0 aliphatic rings. The summed E-state index contributed by atoms with van der Waals surface area (Å²) in [4.78, 5) is 14.3. The van der Waals surface area contributed by atoms with Crippen molar-refractivity contribution >= 4 is 28.5 Å². The minimum Gasteiger partial charge on any atom is -0.497 e. The third-order valence-electron chi connectivity index (χ3n) is 2.33. The molecule has 0 aliphatic carbocycles. The fourth-order valence-electron chi connectivity index (χ4n) is 1.51. The van der Waals surface area contributed by atoms with E-state index in [1.807, 2.05) is 0 Å². The van der Waals surface area contributed by atoms with E-state index in [4.69, 9.17) is 16.3 Å². The molecule has 4 nitrogen and oxygen atoms in total. The first-order valence-corrected chi connectivity index (χ1v) is 4.98. The van der Waals surface area contributed by atoms with Gasteiger partial charge in [-0.1, -0.05) is 11.6 Å². The Bertz CT molecular complexity index is 547. The number of H-pyrrole nitrogens is 1. The number of carbonyl (C=O) groups excluding carboxylic acids is 1. The van der Waals surface area contributed by atoms with Crippen LogP contribution in [-0.4, -0.2) is 25.2 Å². The molecule has 5 heteroatoms. The highest BCUT2D eigenvalue weighted by Crippen LogP contribution is 2.30. The number of aromatic amines is 1. The number of ether oxygens (including phenoxy) is 2. The summed E-state index contributed by atoms with van der Waals surface area (Å²) in [6.45, 7) is 0. The summed E-state index contributed by atoms with van der Waals surface area (Å²) in [7, 11) is 2.88. The van der Waals surface area contributed by atoms with E-state index < -0.39 is 5.97 Å². The molecule has 0 radical (unpaired) electrons. The summed E-state index contributed by atoms with van der Waals surface area (Å²) in [6.07, 6.45) is 0. The van der Waals surface area contributed by atoms with Crippen molar-refractivity contribution in [1.82, 2.24) is 4.98 Å². The maximum absolute atomic E-state index is 11.4. The van der Waals surface area contributed by atoms with Gasteiger partial charge in [-0.15, -0.1) is 0 Å². The van der Waals surface area contributed by atoms with Crippen molar-refractivity contribution < 1.29 is 14.3 Å². The second-order valence-electron chi connectivity index (χ2n) is 3.22. The number of fused-ring (bicyclic) bond motifs is 1. The van der Waals surface area contributed by atoms with E-state index in [1.165, 1.54) is 7.11 Å². The molecule has 1 aromatic heterocycles. The zero-order chi connectivity index (χ0) is 11.7. The number of carbonyl (C=O) groups is 1. The minimum atomic E-state index is -0.486. The van der Waals surface area contributed by atoms with Gasteiger partial charge in [0.05, 0.1) is 19.2 Å². The van der Waals surface area contributed by atoms with Crippen molar-refractivity contribution in [2.24, 2.45) is 0 Å². The number of hydrogen-bond donors (Lipinski definition) is 1. The summed E-state index contributed by atoms with van der Waals surface area (Å²) in [5.74, 6) is 0.199. The van der Waals surface area contributed by atoms with Gasteiger partial charge in [-0.3, -0.25) is 0 Å². The summed E-state index contributed by atoms with van der Waals surface area (Å²) in [6, 6.07) is 5.35. The van der Waals surface area contributed by atoms with Crippen LogP contribution in [0.4, 0.5) is 0 Å². The first-order valence-electron chi connectivity index (χ1n) is 4.61. The van der Waals surface area contributed by atoms with E-state index in [2.05, 4.69) is 9.72 Å². The summed E-state index contributed by atoms with van der Waals surface area (Å²) in [5.41, 5.74) is 1.03. The Balaban J connectivity index is 2.64. The van der Waals surface area contributed by atoms with Crippen molar-refractivity contribution in [3.63, 3.8) is 0 Å². The lowest BCUT2D eigenvalue weighted by Gasteiger charge is -1.98. The molecule has 0 fully saturated rings. The molecule has 2 aromatic rings. The van der Waals surface area contributed by atoms with E-state index in [1.54, 1.807) is 25.3 Å². The number of benzene rings is 1. The monoisotopic (exact) mass is 239 g/mol. The lowest BCUT2D eigenvalue weighted by molar-refractivity contribution is 0.0595. The highest BCUT2D eigenvalue weighted by atomic mass is 35.5. The molecule has 0 saturated heterocycles. The van der Waals surface area contributed by atoms with Crippen LogP contribution in [0.3, 0.4) is 0 Å². The quantitative estimate of drug-likeness (QED) is 0.820. The van der Waals surface area contributed by atoms with Gasteiger partial charge in [0, 0.05) is 10.9 Å². The van der Waals surface area contributed by atoms with Crippen molar-refractivity contribution in [1.29, 1.82) is 0 Å². The molecule has 0 bridgehead atoms. The second-order valence-corrected chi connectivity index (χ2v) is 3.60. The van der Waals surface area contributed by atoms with E-state index in [9.17, 15) is 4.79 Å². The minimum absolute atomic E-state index is 0.257. The van der Waals surface area contributed by atoms with Crippen molar-refractivity contribution in [3.8, 4) is 5.75 Å². The topological polar surface area (TPSA) is 51.3 Å². The Hall–Kier alpha value is -1.68. The summed E-state index contributed by atoms with van der Waals surface area (Å²) < 4.78 is 9.70. The molecule has 16 heavy (non-hydrogen) atoms. The van der Waals surface area contributed by atoms with Gasteiger partial charge >= 0.3 is 5.97 Å². The Labute approximate surface area is 97.1 Å². The fourth-order valence-corrected chi connectivity index (χ4v) is 1.79. The molecule has 1 aromatic carbocycles. The molecule has 1 heterocycles. The van der Waals surface area contributed by atoms with E-state index in [-0.39, 0.29) is 5.69 Å². The average Bonchev–Trinajstić information content (AvgIpc) is 2.65. The van der Waals surface area contributed by atoms with Crippen LogP contribution in [0.1, 0.15) is 10.5 Å². The van der Waals surface area contributed by atoms with Crippen LogP contribution >= 0.6 is 11.6 Å². The van der Waals surface area contributed by atoms with Crippen LogP contribution in [0.15, 0.2) is 18.2 Å². The molecule has 0 spiro atoms. The number of rotatable bonds is 2. The average molecular weight is 240 g/mol. The molecule has 0 amide bonds. The van der Waals surface area contributed by atoms with Crippen molar-refractivity contribution in [2.45, 2.75) is 0 Å². The lowest BCUT2D eigenvalue weighted by atomic mass is 10.2. The van der Waals surface area contributed by atoms with Crippen LogP contribution < -0.4 is 4.74 Å². The van der Waals surface area contributed by atoms with E-state index in [0.717, 1.165) is 10.9 Å². The number of hydrogen-bond acceptors (Lipinski definition) is 3. The number of esters is 1. The predicted octanol–water partition coefficient (Wildman–Crippen LogP) is 2.62. The standard InChI is InChI=1S/C11H10ClNO3/c1-15-6-3-4-8-7(5-6)9(12)10(13-8)11(14)16-2/h3-5,13H,1-2H3. The maximum Gasteiger partial charge on any atom is 0.356 e. The molecule has 0 atom stereocenters. The largest absolute Gasteiger partial charge is 0.497 e. The number of methoxy groups -OCH3 is 2. The molecule has 0 aliphatic heterocycles. The molecule has 0 saturated carbocycles. The smallest absolute Gasteiger partial charge is 0.356 e. The summed E-state index contributed by atoms with van der Waals surface area (Å²) in [5, 5.41) is 1.09. The summed E-state index contributed by atoms with van der Waals surface area (Å²) >= 11 is 6.07. The Morgan fingerprint density at radius 1 is 1.38 bits per heavy atom. The number of halogens is 1. The maximum atomic E-state index is 11.4. The lowest BCUT2D eigenvalue weighted by Crippen LogP contribution is -2.01. The molecule has 2 rings (SSSR count). The predicted molar refractivity (Wildman–Crippen MR) is 61.2 cm³/mol. The third kappa shape index (κ3) is 1.61. The van der Waals surface area contributed by atoms with E-state index in [0.29, 0.717) is 10.8 Å². The van der Waals surface area contributed by atoms with Gasteiger partial charge in [0.1, 0.15) is 11.4 Å². The van der Waals surface area contributed by atoms with Crippen LogP contribution in [0.25, 0.3) is 10.9 Å². The SMILES string of the molecule is COC(=O)c1[nH]c2ccc(OC)cc2c1Cl. The first-order chi connectivity index (χ1) is 7.67. The highest BCUT2D eigenvalue weighted by Gasteiger charge is 2.16. The van der Waals surface area contributed by atoms with Gasteiger partial charge in [0.25, 0.3) is 0 Å². The Morgan fingerprint density at radius 3 is 2.75 bits per heavy atom. The van der Waals surface area contributed by atoms with Crippen molar-refractivity contribution in [3.05, 3.63) is 28.9 Å². The Morgan fingerprint density at radius 2 is 2.12 bits per heavy atom. The highest BCUT2D eigenvalue weighted by molar-refractivity contribution is 6.38. The van der Waals surface area contributed by atoms with Gasteiger partial charge in [0.15, 0.2) is 0 Å². The Kier molecular flexibility index (Phi) is 2.75. The van der Waals surface area contributed by atoms with Crippen LogP contribution in [0.5, 0.6) is 5.75 Å². The fraction of sp³-hybridized carbons (Fsp3) is 0.182. The number of aromatic nitrogens is 1. The van der Waals surface area contributed by atoms with Gasteiger partial charge in [-0.05, 0) is 18.2 Å². The van der Waals surface area contributed by atoms with E-state index >= 15 is 0 Å².